The van der Waals surface area contributed by atoms with E-state index in [9.17, 15) is 32.7 Å². The Hall–Kier alpha value is -3.42. The molecule has 0 aliphatic carbocycles. The van der Waals surface area contributed by atoms with E-state index >= 15 is 0 Å². The van der Waals surface area contributed by atoms with Crippen molar-refractivity contribution in [2.75, 3.05) is 13.6 Å². The Balaban J connectivity index is 1.62. The average molecular weight is 521 g/mol. The zero-order valence-corrected chi connectivity index (χ0v) is 20.1. The molecule has 2 aromatic rings. The van der Waals surface area contributed by atoms with E-state index in [0.717, 1.165) is 6.20 Å². The number of fused-ring (bicyclic) bond motifs is 5. The Bertz CT molecular complexity index is 1340. The fraction of sp³-hybridized carbons (Fsp3) is 0.458. The summed E-state index contributed by atoms with van der Waals surface area (Å²) in [5.74, 6) is -5.66. The van der Waals surface area contributed by atoms with Gasteiger partial charge in [0.2, 0.25) is 5.43 Å². The van der Waals surface area contributed by atoms with Crippen LogP contribution in [-0.4, -0.2) is 62.9 Å². The van der Waals surface area contributed by atoms with Crippen molar-refractivity contribution in [3.8, 4) is 5.75 Å². The number of nitrogens with one attached hydrogen (secondary N) is 1. The normalized spacial score (nSPS) is 27.4. The second-order valence-corrected chi connectivity index (χ2v) is 9.79. The summed E-state index contributed by atoms with van der Waals surface area (Å²) < 4.78 is 43.7. The summed E-state index contributed by atoms with van der Waals surface area (Å²) in [4.78, 5) is 45.8. The lowest BCUT2D eigenvalue weighted by Gasteiger charge is -2.42. The van der Waals surface area contributed by atoms with Gasteiger partial charge in [-0.1, -0.05) is 0 Å². The van der Waals surface area contributed by atoms with Crippen LogP contribution in [0.3, 0.4) is 0 Å². The second kappa shape index (κ2) is 8.85. The molecule has 198 valence electrons. The number of primary amides is 1. The van der Waals surface area contributed by atoms with E-state index in [0.29, 0.717) is 31.4 Å². The van der Waals surface area contributed by atoms with Crippen molar-refractivity contribution in [1.29, 1.82) is 0 Å². The van der Waals surface area contributed by atoms with Gasteiger partial charge in [0.1, 0.15) is 28.6 Å². The first-order valence-electron chi connectivity index (χ1n) is 11.8. The maximum absolute atomic E-state index is 14.5. The number of hydrogen-bond donors (Lipinski definition) is 3. The second-order valence-electron chi connectivity index (χ2n) is 9.79. The van der Waals surface area contributed by atoms with Gasteiger partial charge in [-0.05, 0) is 26.8 Å². The number of pyridine rings is 1. The summed E-state index contributed by atoms with van der Waals surface area (Å²) in [6.07, 6.45) is 1.83. The predicted molar refractivity (Wildman–Crippen MR) is 123 cm³/mol. The van der Waals surface area contributed by atoms with Gasteiger partial charge in [-0.15, -0.1) is 0 Å². The molecule has 2 saturated heterocycles. The van der Waals surface area contributed by atoms with E-state index in [4.69, 9.17) is 10.6 Å². The van der Waals surface area contributed by atoms with Crippen molar-refractivity contribution in [2.24, 2.45) is 5.73 Å². The van der Waals surface area contributed by atoms with Crippen molar-refractivity contribution in [3.63, 3.8) is 0 Å². The maximum atomic E-state index is 14.5. The zero-order valence-electron chi connectivity index (χ0n) is 20.1. The molecule has 2 bridgehead atoms. The van der Waals surface area contributed by atoms with Crippen LogP contribution in [0.25, 0.3) is 0 Å². The van der Waals surface area contributed by atoms with Gasteiger partial charge in [0.25, 0.3) is 11.8 Å². The number of halogens is 3. The fourth-order valence-corrected chi connectivity index (χ4v) is 5.70. The van der Waals surface area contributed by atoms with Gasteiger partial charge in [-0.2, -0.15) is 5.06 Å². The van der Waals surface area contributed by atoms with Gasteiger partial charge in [0, 0.05) is 42.9 Å². The number of aromatic hydroxyl groups is 1. The number of hydrogen-bond acceptors (Lipinski definition) is 7. The van der Waals surface area contributed by atoms with Crippen molar-refractivity contribution >= 4 is 11.8 Å². The van der Waals surface area contributed by atoms with Crippen LogP contribution in [0, 0.1) is 17.5 Å². The number of rotatable bonds is 4. The number of aromatic nitrogens is 1. The van der Waals surface area contributed by atoms with Crippen LogP contribution in [0.2, 0.25) is 0 Å². The molecule has 1 unspecified atom stereocenters. The van der Waals surface area contributed by atoms with Gasteiger partial charge in [-0.3, -0.25) is 19.2 Å². The lowest BCUT2D eigenvalue weighted by atomic mass is 9.84. The molecule has 0 saturated carbocycles. The lowest BCUT2D eigenvalue weighted by molar-refractivity contribution is -0.229. The minimum Gasteiger partial charge on any atom is -0.503 e. The summed E-state index contributed by atoms with van der Waals surface area (Å²) in [5, 5.41) is 15.1. The summed E-state index contributed by atoms with van der Waals surface area (Å²) in [6, 6.07) is 0.235. The Morgan fingerprint density at radius 1 is 1.27 bits per heavy atom. The van der Waals surface area contributed by atoms with Gasteiger partial charge in [0.05, 0.1) is 18.8 Å². The first-order valence-corrected chi connectivity index (χ1v) is 11.8. The van der Waals surface area contributed by atoms with Gasteiger partial charge < -0.3 is 25.6 Å². The van der Waals surface area contributed by atoms with E-state index < -0.39 is 63.8 Å². The minimum absolute atomic E-state index is 0.136. The van der Waals surface area contributed by atoms with E-state index in [1.807, 2.05) is 6.92 Å². The summed E-state index contributed by atoms with van der Waals surface area (Å²) >= 11 is 0. The van der Waals surface area contributed by atoms with Crippen molar-refractivity contribution in [1.82, 2.24) is 19.8 Å². The molecule has 13 heteroatoms. The van der Waals surface area contributed by atoms with E-state index in [2.05, 4.69) is 5.32 Å². The Kier molecular flexibility index (Phi) is 6.04. The van der Waals surface area contributed by atoms with Crippen LogP contribution in [0.1, 0.15) is 58.6 Å². The van der Waals surface area contributed by atoms with Crippen LogP contribution >= 0.6 is 0 Å². The highest BCUT2D eigenvalue weighted by Gasteiger charge is 2.56. The Morgan fingerprint density at radius 2 is 1.95 bits per heavy atom. The van der Waals surface area contributed by atoms with Crippen molar-refractivity contribution in [3.05, 3.63) is 62.8 Å². The van der Waals surface area contributed by atoms with E-state index in [1.165, 1.54) is 14.5 Å². The number of carbonyl (C=O) groups is 2. The highest BCUT2D eigenvalue weighted by atomic mass is 19.1. The number of carbonyl (C=O) groups excluding carboxylic acids is 2. The Morgan fingerprint density at radius 3 is 2.57 bits per heavy atom. The van der Waals surface area contributed by atoms with E-state index in [-0.39, 0.29) is 30.4 Å². The predicted octanol–water partition coefficient (Wildman–Crippen LogP) is 1.37. The number of nitrogens with two attached hydrogens (primary N) is 1. The highest BCUT2D eigenvalue weighted by Crippen LogP contribution is 2.48. The molecule has 1 aromatic carbocycles. The molecule has 4 atom stereocenters. The molecule has 0 radical (unpaired) electrons. The van der Waals surface area contributed by atoms with Crippen LogP contribution in [0.15, 0.2) is 23.1 Å². The number of amides is 2. The Labute approximate surface area is 209 Å². The molecule has 5 rings (SSSR count). The SMILES string of the molecule is CNC1C[C@]2(CC[C@H](C)N3C[C@H]2n2cc(C(N)=O)c(=O)c(O)c2C3=O)ON1Cc1c(F)cc(F)cc1F. The minimum atomic E-state index is -1.06. The molecule has 4 N–H and O–H groups in total. The van der Waals surface area contributed by atoms with Crippen molar-refractivity contribution < 1.29 is 32.7 Å². The third-order valence-electron chi connectivity index (χ3n) is 7.71. The molecule has 3 aliphatic heterocycles. The monoisotopic (exact) mass is 521 g/mol. The summed E-state index contributed by atoms with van der Waals surface area (Å²) in [5.41, 5.74) is 2.12. The standard InChI is InChI=1S/C24H26F3N5O5/c1-11-3-4-24(7-18(29-2)32(37-24)9-13-15(26)5-12(25)6-16(13)27)17-10-30(11)23(36)19-21(34)20(33)14(22(28)35)8-31(17)19/h5-6,8,11,17-18,29,34H,3-4,7,9-10H2,1-2H3,(H2,28,35)/t11-,17+,18?,24-/m0/s1. The van der Waals surface area contributed by atoms with Crippen LogP contribution in [0.5, 0.6) is 5.75 Å². The first kappa shape index (κ1) is 25.2. The van der Waals surface area contributed by atoms with Gasteiger partial charge in [0.15, 0.2) is 11.4 Å². The molecule has 1 aromatic heterocycles. The zero-order chi connectivity index (χ0) is 26.8. The quantitative estimate of drug-likeness (QED) is 0.554. The number of hydroxylamine groups is 2. The molecular weight excluding hydrogens is 495 g/mol. The van der Waals surface area contributed by atoms with Crippen LogP contribution in [0.4, 0.5) is 13.2 Å². The number of nitrogens with zero attached hydrogens (tertiary/aromatic N) is 3. The molecule has 3 aliphatic rings. The van der Waals surface area contributed by atoms with Crippen molar-refractivity contribution in [2.45, 2.75) is 56.6 Å². The third-order valence-corrected chi connectivity index (χ3v) is 7.71. The fourth-order valence-electron chi connectivity index (χ4n) is 5.70. The largest absolute Gasteiger partial charge is 0.503 e. The molecule has 2 fully saturated rings. The topological polar surface area (TPSA) is 130 Å². The van der Waals surface area contributed by atoms with E-state index in [1.54, 1.807) is 7.05 Å². The van der Waals surface area contributed by atoms with Crippen LogP contribution < -0.4 is 16.5 Å². The average Bonchev–Trinajstić information content (AvgIpc) is 3.14. The molecule has 2 amide bonds. The van der Waals surface area contributed by atoms with Gasteiger partial charge in [-0.25, -0.2) is 13.2 Å². The molecule has 1 spiro atoms. The number of benzene rings is 1. The third kappa shape index (κ3) is 3.88. The lowest BCUT2D eigenvalue weighted by Crippen LogP contribution is -2.52. The highest BCUT2D eigenvalue weighted by molar-refractivity contribution is 5.99. The van der Waals surface area contributed by atoms with Gasteiger partial charge >= 0.3 is 0 Å². The summed E-state index contributed by atoms with van der Waals surface area (Å²) in [6.45, 7) is 1.63. The smallest absolute Gasteiger partial charge is 0.274 e. The summed E-state index contributed by atoms with van der Waals surface area (Å²) in [7, 11) is 1.65. The molecule has 10 nitrogen and oxygen atoms in total. The van der Waals surface area contributed by atoms with Crippen LogP contribution in [-0.2, 0) is 11.4 Å². The maximum Gasteiger partial charge on any atom is 0.274 e. The molecule has 4 heterocycles. The molecular formula is C24H26F3N5O5. The first-order chi connectivity index (χ1) is 17.5. The molecule has 37 heavy (non-hydrogen) atoms.